The van der Waals surface area contributed by atoms with Crippen LogP contribution in [0.1, 0.15) is 30.8 Å². The van der Waals surface area contributed by atoms with Gasteiger partial charge in [-0.25, -0.2) is 4.98 Å². The van der Waals surface area contributed by atoms with Gasteiger partial charge in [0.15, 0.2) is 5.13 Å². The third-order valence-electron chi connectivity index (χ3n) is 3.60. The maximum Gasteiger partial charge on any atom is 0.275 e. The number of nitrogens with one attached hydrogen (secondary N) is 1. The molecule has 130 valence electrons. The van der Waals surface area contributed by atoms with E-state index in [4.69, 9.17) is 4.74 Å². The maximum atomic E-state index is 12.3. The number of ether oxygens (including phenoxy) is 1. The zero-order chi connectivity index (χ0) is 17.6. The van der Waals surface area contributed by atoms with Gasteiger partial charge < -0.3 is 4.74 Å². The Hall–Kier alpha value is -2.67. The van der Waals surface area contributed by atoms with Crippen molar-refractivity contribution < 1.29 is 9.53 Å². The number of anilines is 1. The molecule has 1 amide bonds. The van der Waals surface area contributed by atoms with Crippen molar-refractivity contribution in [2.75, 3.05) is 11.9 Å². The van der Waals surface area contributed by atoms with Crippen molar-refractivity contribution in [3.8, 4) is 17.0 Å². The summed E-state index contributed by atoms with van der Waals surface area (Å²) in [4.78, 5) is 16.8. The molecule has 2 heterocycles. The van der Waals surface area contributed by atoms with E-state index in [9.17, 15) is 4.79 Å². The average molecular weight is 356 g/mol. The summed E-state index contributed by atoms with van der Waals surface area (Å²) in [5, 5.41) is 9.43. The lowest BCUT2D eigenvalue weighted by atomic mass is 10.2. The number of carbonyl (C=O) groups excluding carboxylic acids is 1. The molecule has 0 saturated carbocycles. The van der Waals surface area contributed by atoms with Gasteiger partial charge in [0.05, 0.1) is 12.3 Å². The smallest absolute Gasteiger partial charge is 0.275 e. The van der Waals surface area contributed by atoms with Crippen molar-refractivity contribution in [2.24, 2.45) is 0 Å². The highest BCUT2D eigenvalue weighted by Crippen LogP contribution is 2.26. The predicted molar refractivity (Wildman–Crippen MR) is 99.2 cm³/mol. The molecule has 0 unspecified atom stereocenters. The van der Waals surface area contributed by atoms with Crippen LogP contribution in [0.25, 0.3) is 11.3 Å². The molecule has 25 heavy (non-hydrogen) atoms. The first-order chi connectivity index (χ1) is 12.2. The molecule has 0 aliphatic carbocycles. The molecule has 1 aromatic carbocycles. The second-order valence-electron chi connectivity index (χ2n) is 5.40. The number of carbonyl (C=O) groups is 1. The zero-order valence-electron chi connectivity index (χ0n) is 14.2. The number of nitrogens with zero attached hydrogens (tertiary/aromatic N) is 3. The van der Waals surface area contributed by atoms with E-state index in [1.165, 1.54) is 11.3 Å². The molecule has 0 radical (unpaired) electrons. The van der Waals surface area contributed by atoms with Gasteiger partial charge in [0, 0.05) is 23.7 Å². The summed E-state index contributed by atoms with van der Waals surface area (Å²) in [6.45, 7) is 5.37. The van der Waals surface area contributed by atoms with Gasteiger partial charge in [-0.2, -0.15) is 5.10 Å². The first-order valence-corrected chi connectivity index (χ1v) is 9.11. The van der Waals surface area contributed by atoms with Gasteiger partial charge >= 0.3 is 0 Å². The van der Waals surface area contributed by atoms with Crippen molar-refractivity contribution in [1.82, 2.24) is 14.8 Å². The summed E-state index contributed by atoms with van der Waals surface area (Å²) < 4.78 is 7.24. The fourth-order valence-electron chi connectivity index (χ4n) is 2.34. The fraction of sp³-hybridized carbons (Fsp3) is 0.278. The summed E-state index contributed by atoms with van der Waals surface area (Å²) in [6, 6.07) is 9.50. The highest BCUT2D eigenvalue weighted by atomic mass is 32.1. The van der Waals surface area contributed by atoms with E-state index < -0.39 is 0 Å². The Labute approximate surface area is 150 Å². The molecule has 0 spiro atoms. The molecule has 0 fully saturated rings. The van der Waals surface area contributed by atoms with Gasteiger partial charge in [0.25, 0.3) is 5.91 Å². The van der Waals surface area contributed by atoms with E-state index in [1.54, 1.807) is 16.9 Å². The zero-order valence-corrected chi connectivity index (χ0v) is 15.0. The topological polar surface area (TPSA) is 69.0 Å². The largest absolute Gasteiger partial charge is 0.494 e. The SMILES string of the molecule is CCCOc1ccc(-c2csc(NC(=O)c3ccnn3CC)n2)cc1. The van der Waals surface area contributed by atoms with Crippen LogP contribution in [0, 0.1) is 0 Å². The van der Waals surface area contributed by atoms with Crippen LogP contribution < -0.4 is 10.1 Å². The molecule has 2 aromatic heterocycles. The molecular formula is C18H20N4O2S. The standard InChI is InChI=1S/C18H20N4O2S/c1-3-11-24-14-7-5-13(6-8-14)15-12-25-18(20-15)21-17(23)16-9-10-19-22(16)4-2/h5-10,12H,3-4,11H2,1-2H3,(H,20,21,23). The number of amides is 1. The second-order valence-corrected chi connectivity index (χ2v) is 6.26. The van der Waals surface area contributed by atoms with Crippen LogP contribution in [0.5, 0.6) is 5.75 Å². The minimum absolute atomic E-state index is 0.205. The minimum atomic E-state index is -0.205. The van der Waals surface area contributed by atoms with Gasteiger partial charge in [-0.15, -0.1) is 11.3 Å². The summed E-state index contributed by atoms with van der Waals surface area (Å²) in [7, 11) is 0. The highest BCUT2D eigenvalue weighted by Gasteiger charge is 2.13. The molecule has 0 aliphatic rings. The molecule has 1 N–H and O–H groups in total. The van der Waals surface area contributed by atoms with E-state index in [0.717, 1.165) is 23.4 Å². The summed E-state index contributed by atoms with van der Waals surface area (Å²) in [5.41, 5.74) is 2.34. The molecular weight excluding hydrogens is 336 g/mol. The van der Waals surface area contributed by atoms with Crippen LogP contribution >= 0.6 is 11.3 Å². The first kappa shape index (κ1) is 17.2. The van der Waals surface area contributed by atoms with Crippen molar-refractivity contribution in [3.05, 3.63) is 47.6 Å². The van der Waals surface area contributed by atoms with E-state index in [-0.39, 0.29) is 5.91 Å². The summed E-state index contributed by atoms with van der Waals surface area (Å²) >= 11 is 1.40. The Morgan fingerprint density at radius 3 is 2.76 bits per heavy atom. The Kier molecular flexibility index (Phi) is 5.45. The van der Waals surface area contributed by atoms with Crippen molar-refractivity contribution in [1.29, 1.82) is 0 Å². The van der Waals surface area contributed by atoms with Crippen molar-refractivity contribution >= 4 is 22.4 Å². The van der Waals surface area contributed by atoms with Crippen LogP contribution in [0.2, 0.25) is 0 Å². The maximum absolute atomic E-state index is 12.3. The van der Waals surface area contributed by atoms with E-state index in [0.29, 0.717) is 24.0 Å². The van der Waals surface area contributed by atoms with E-state index in [2.05, 4.69) is 22.3 Å². The van der Waals surface area contributed by atoms with Crippen molar-refractivity contribution in [3.63, 3.8) is 0 Å². The van der Waals surface area contributed by atoms with E-state index >= 15 is 0 Å². The van der Waals surface area contributed by atoms with Crippen LogP contribution in [0.4, 0.5) is 5.13 Å². The monoisotopic (exact) mass is 356 g/mol. The Morgan fingerprint density at radius 1 is 1.24 bits per heavy atom. The average Bonchev–Trinajstić information content (AvgIpc) is 3.29. The van der Waals surface area contributed by atoms with Crippen LogP contribution in [0.15, 0.2) is 41.9 Å². The van der Waals surface area contributed by atoms with Gasteiger partial charge in [0.1, 0.15) is 11.4 Å². The second kappa shape index (κ2) is 7.94. The fourth-order valence-corrected chi connectivity index (χ4v) is 3.06. The van der Waals surface area contributed by atoms with Gasteiger partial charge in [-0.1, -0.05) is 6.92 Å². The number of thiazole rings is 1. The molecule has 3 rings (SSSR count). The lowest BCUT2D eigenvalue weighted by Gasteiger charge is -2.05. The highest BCUT2D eigenvalue weighted by molar-refractivity contribution is 7.14. The van der Waals surface area contributed by atoms with Crippen LogP contribution in [0.3, 0.4) is 0 Å². The lowest BCUT2D eigenvalue weighted by molar-refractivity contribution is 0.101. The summed E-state index contributed by atoms with van der Waals surface area (Å²) in [5.74, 6) is 0.644. The van der Waals surface area contributed by atoms with Gasteiger partial charge in [-0.05, 0) is 43.7 Å². The summed E-state index contributed by atoms with van der Waals surface area (Å²) in [6.07, 6.45) is 2.60. The number of hydrogen-bond donors (Lipinski definition) is 1. The van der Waals surface area contributed by atoms with Gasteiger partial charge in [0.2, 0.25) is 0 Å². The number of aromatic nitrogens is 3. The number of benzene rings is 1. The van der Waals surface area contributed by atoms with Crippen LogP contribution in [-0.4, -0.2) is 27.3 Å². The Bertz CT molecular complexity index is 839. The molecule has 3 aromatic rings. The number of aryl methyl sites for hydroxylation is 1. The minimum Gasteiger partial charge on any atom is -0.494 e. The predicted octanol–water partition coefficient (Wildman–Crippen LogP) is 4.07. The van der Waals surface area contributed by atoms with Gasteiger partial charge in [-0.3, -0.25) is 14.8 Å². The molecule has 0 aliphatic heterocycles. The molecule has 0 atom stereocenters. The first-order valence-electron chi connectivity index (χ1n) is 8.23. The molecule has 6 nitrogen and oxygen atoms in total. The van der Waals surface area contributed by atoms with E-state index in [1.807, 2.05) is 36.6 Å². The normalized spacial score (nSPS) is 10.6. The quantitative estimate of drug-likeness (QED) is 0.693. The molecule has 0 bridgehead atoms. The third kappa shape index (κ3) is 4.06. The Balaban J connectivity index is 1.69. The van der Waals surface area contributed by atoms with Crippen LogP contribution in [-0.2, 0) is 6.54 Å². The van der Waals surface area contributed by atoms with Crippen molar-refractivity contribution in [2.45, 2.75) is 26.8 Å². The Morgan fingerprint density at radius 2 is 2.04 bits per heavy atom. The molecule has 7 heteroatoms. The number of rotatable bonds is 7. The third-order valence-corrected chi connectivity index (χ3v) is 4.35. The number of hydrogen-bond acceptors (Lipinski definition) is 5. The molecule has 0 saturated heterocycles. The lowest BCUT2D eigenvalue weighted by Crippen LogP contribution is -2.17.